The fourth-order valence-electron chi connectivity index (χ4n) is 4.16. The van der Waals surface area contributed by atoms with Crippen molar-refractivity contribution < 1.29 is 22.3 Å². The molecule has 2 aromatic rings. The molecule has 0 bridgehead atoms. The minimum atomic E-state index is -4.25. The summed E-state index contributed by atoms with van der Waals surface area (Å²) in [4.78, 5) is 26.0. The first-order chi connectivity index (χ1) is 13.9. The van der Waals surface area contributed by atoms with Crippen LogP contribution in [0.3, 0.4) is 0 Å². The van der Waals surface area contributed by atoms with Crippen LogP contribution in [0.15, 0.2) is 41.3 Å². The molecule has 0 unspecified atom stereocenters. The summed E-state index contributed by atoms with van der Waals surface area (Å²) in [5.74, 6) is 4.25. The largest absolute Gasteiger partial charge is 0.382 e. The number of carbonyl (C=O) groups excluding carboxylic acids is 2. The molecule has 0 aromatic heterocycles. The van der Waals surface area contributed by atoms with E-state index in [9.17, 15) is 18.0 Å². The summed E-state index contributed by atoms with van der Waals surface area (Å²) >= 11 is 0. The summed E-state index contributed by atoms with van der Waals surface area (Å²) in [6.45, 7) is 0. The number of hydrogen-bond acceptors (Lipinski definition) is 7. The highest BCUT2D eigenvalue weighted by atomic mass is 32.2. The van der Waals surface area contributed by atoms with Gasteiger partial charge in [0.15, 0.2) is 11.6 Å². The molecule has 4 rings (SSSR count). The van der Waals surface area contributed by atoms with E-state index in [1.807, 2.05) is 0 Å². The molecule has 2 aliphatic carbocycles. The Bertz CT molecular complexity index is 1090. The number of fused-ring (bicyclic) bond motifs is 2. The number of ketones is 2. The van der Waals surface area contributed by atoms with Crippen LogP contribution in [-0.2, 0) is 14.4 Å². The lowest BCUT2D eigenvalue weighted by molar-refractivity contribution is 0.0979. The van der Waals surface area contributed by atoms with E-state index in [2.05, 4.69) is 9.60 Å². The van der Waals surface area contributed by atoms with Crippen LogP contribution in [-0.4, -0.2) is 26.0 Å². The van der Waals surface area contributed by atoms with Crippen molar-refractivity contribution in [1.82, 2.24) is 0 Å². The number of hydrogen-bond donors (Lipinski definition) is 2. The molecule has 3 N–H and O–H groups in total. The van der Waals surface area contributed by atoms with Crippen LogP contribution in [0.2, 0.25) is 0 Å². The smallest absolute Gasteiger partial charge is 0.312 e. The molecule has 8 heteroatoms. The second kappa shape index (κ2) is 7.70. The maximum absolute atomic E-state index is 13.2. The number of benzene rings is 2. The second-order valence-corrected chi connectivity index (χ2v) is 9.05. The average molecular weight is 414 g/mol. The van der Waals surface area contributed by atoms with Crippen molar-refractivity contribution in [2.75, 3.05) is 5.32 Å². The fourth-order valence-corrected chi connectivity index (χ4v) is 4.79. The van der Waals surface area contributed by atoms with Crippen LogP contribution in [0.5, 0.6) is 0 Å². The Balaban J connectivity index is 1.88. The zero-order chi connectivity index (χ0) is 20.6. The maximum Gasteiger partial charge on any atom is 0.312 e. The lowest BCUT2D eigenvalue weighted by Crippen LogP contribution is -2.26. The van der Waals surface area contributed by atoms with E-state index in [-0.39, 0.29) is 33.4 Å². The van der Waals surface area contributed by atoms with E-state index >= 15 is 0 Å². The molecule has 0 radical (unpaired) electrons. The van der Waals surface area contributed by atoms with Gasteiger partial charge in [-0.3, -0.25) is 9.59 Å². The van der Waals surface area contributed by atoms with Gasteiger partial charge in [-0.2, -0.15) is 18.6 Å². The highest BCUT2D eigenvalue weighted by Crippen LogP contribution is 2.35. The molecule has 0 heterocycles. The summed E-state index contributed by atoms with van der Waals surface area (Å²) < 4.78 is 28.7. The molecule has 1 saturated carbocycles. The zero-order valence-electron chi connectivity index (χ0n) is 15.8. The lowest BCUT2D eigenvalue weighted by atomic mass is 9.83. The van der Waals surface area contributed by atoms with Gasteiger partial charge in [0.05, 0.1) is 10.5 Å². The minimum Gasteiger partial charge on any atom is -0.382 e. The van der Waals surface area contributed by atoms with Crippen molar-refractivity contribution in [1.29, 1.82) is 0 Å². The quantitative estimate of drug-likeness (QED) is 0.497. The van der Waals surface area contributed by atoms with Gasteiger partial charge >= 0.3 is 10.1 Å². The predicted molar refractivity (Wildman–Crippen MR) is 107 cm³/mol. The van der Waals surface area contributed by atoms with Gasteiger partial charge in [0.2, 0.25) is 0 Å². The molecule has 0 amide bonds. The van der Waals surface area contributed by atoms with Crippen LogP contribution < -0.4 is 11.2 Å². The first-order valence-corrected chi connectivity index (χ1v) is 11.1. The van der Waals surface area contributed by atoms with E-state index < -0.39 is 15.9 Å². The summed E-state index contributed by atoms with van der Waals surface area (Å²) in [5.41, 5.74) is 1.16. The maximum atomic E-state index is 13.2. The molecule has 0 spiro atoms. The number of nitrogens with two attached hydrogens (primary N) is 1. The van der Waals surface area contributed by atoms with E-state index in [1.54, 1.807) is 24.3 Å². The molecule has 29 heavy (non-hydrogen) atoms. The van der Waals surface area contributed by atoms with Crippen molar-refractivity contribution in [2.24, 2.45) is 5.90 Å². The third-order valence-electron chi connectivity index (χ3n) is 5.63. The van der Waals surface area contributed by atoms with Gasteiger partial charge in [-0.1, -0.05) is 49.9 Å². The Morgan fingerprint density at radius 3 is 2.14 bits per heavy atom. The van der Waals surface area contributed by atoms with E-state index in [0.717, 1.165) is 38.5 Å². The molecule has 2 aromatic carbocycles. The van der Waals surface area contributed by atoms with Gasteiger partial charge in [0.25, 0.3) is 0 Å². The van der Waals surface area contributed by atoms with E-state index in [0.29, 0.717) is 11.3 Å². The minimum absolute atomic E-state index is 0.0444. The van der Waals surface area contributed by atoms with Gasteiger partial charge in [0.1, 0.15) is 0 Å². The summed E-state index contributed by atoms with van der Waals surface area (Å²) in [6.07, 6.45) is 6.24. The summed E-state index contributed by atoms with van der Waals surface area (Å²) in [6, 6.07) is 9.16. The number of nitrogens with one attached hydrogen (secondary N) is 1. The monoisotopic (exact) mass is 414 g/mol. The molecule has 1 fully saturated rings. The molecule has 0 aliphatic heterocycles. The highest BCUT2D eigenvalue weighted by molar-refractivity contribution is 7.86. The van der Waals surface area contributed by atoms with Crippen LogP contribution in [0, 0.1) is 0 Å². The Morgan fingerprint density at radius 2 is 1.52 bits per heavy atom. The van der Waals surface area contributed by atoms with Crippen molar-refractivity contribution in [3.8, 4) is 0 Å². The number of carbonyl (C=O) groups is 2. The molecule has 7 nitrogen and oxygen atoms in total. The summed E-state index contributed by atoms with van der Waals surface area (Å²) in [7, 11) is -4.25. The average Bonchev–Trinajstić information content (AvgIpc) is 3.00. The molecule has 2 aliphatic rings. The third-order valence-corrected chi connectivity index (χ3v) is 6.70. The van der Waals surface area contributed by atoms with Gasteiger partial charge < -0.3 is 5.32 Å². The molecule has 0 saturated heterocycles. The van der Waals surface area contributed by atoms with Crippen LogP contribution in [0.25, 0.3) is 0 Å². The normalized spacial score (nSPS) is 17.4. The Kier molecular flexibility index (Phi) is 5.24. The second-order valence-electron chi connectivity index (χ2n) is 7.48. The van der Waals surface area contributed by atoms with Crippen LogP contribution in [0.4, 0.5) is 5.69 Å². The highest BCUT2D eigenvalue weighted by Gasteiger charge is 2.34. The SMILES string of the molecule is NOS(=O)(=O)c1cc(NC2CCCCCC2)c2c(c1)C(=O)c1ccccc1C2=O. The van der Waals surface area contributed by atoms with E-state index in [1.165, 1.54) is 12.1 Å². The fraction of sp³-hybridized carbons (Fsp3) is 0.333. The van der Waals surface area contributed by atoms with Crippen LogP contribution >= 0.6 is 0 Å². The summed E-state index contributed by atoms with van der Waals surface area (Å²) in [5, 5.41) is 3.33. The van der Waals surface area contributed by atoms with Gasteiger partial charge in [0, 0.05) is 28.4 Å². The van der Waals surface area contributed by atoms with Gasteiger partial charge in [-0.25, -0.2) is 0 Å². The zero-order valence-corrected chi connectivity index (χ0v) is 16.6. The predicted octanol–water partition coefficient (Wildman–Crippen LogP) is 3.18. The van der Waals surface area contributed by atoms with Crippen molar-refractivity contribution in [3.05, 3.63) is 58.7 Å². The first-order valence-electron chi connectivity index (χ1n) is 9.69. The molecule has 0 atom stereocenters. The lowest BCUT2D eigenvalue weighted by Gasteiger charge is -2.25. The van der Waals surface area contributed by atoms with Gasteiger partial charge in [-0.05, 0) is 25.0 Å². The first kappa shape index (κ1) is 19.8. The van der Waals surface area contributed by atoms with Gasteiger partial charge in [-0.15, -0.1) is 0 Å². The third kappa shape index (κ3) is 3.59. The molecular formula is C21H22N2O5S. The Morgan fingerprint density at radius 1 is 0.897 bits per heavy atom. The standard InChI is InChI=1S/C21H22N2O5S/c22-28-29(26,27)14-11-17-19(18(12-14)23-13-7-3-1-2-4-8-13)21(25)16-10-6-5-9-15(16)20(17)24/h5-6,9-13,23H,1-4,7-8,22H2. The van der Waals surface area contributed by atoms with Crippen molar-refractivity contribution >= 4 is 27.4 Å². The Hall–Kier alpha value is -2.55. The van der Waals surface area contributed by atoms with Crippen molar-refractivity contribution in [2.45, 2.75) is 49.5 Å². The topological polar surface area (TPSA) is 116 Å². The molecule has 152 valence electrons. The number of rotatable bonds is 4. The Labute approximate surface area is 169 Å². The number of anilines is 1. The van der Waals surface area contributed by atoms with Crippen molar-refractivity contribution in [3.63, 3.8) is 0 Å². The van der Waals surface area contributed by atoms with Crippen LogP contribution in [0.1, 0.15) is 70.4 Å². The molecular weight excluding hydrogens is 392 g/mol. The van der Waals surface area contributed by atoms with E-state index in [4.69, 9.17) is 5.90 Å².